The van der Waals surface area contributed by atoms with Gasteiger partial charge in [-0.05, 0) is 19.8 Å². The van der Waals surface area contributed by atoms with Gasteiger partial charge in [-0.15, -0.1) is 0 Å². The van der Waals surface area contributed by atoms with E-state index in [9.17, 15) is 9.59 Å². The summed E-state index contributed by atoms with van der Waals surface area (Å²) in [5.74, 6) is -0.510. The molecule has 14 heavy (non-hydrogen) atoms. The number of imide groups is 1. The van der Waals surface area contributed by atoms with E-state index in [2.05, 4.69) is 0 Å². The lowest BCUT2D eigenvalue weighted by atomic mass is 9.76. The van der Waals surface area contributed by atoms with Crippen LogP contribution in [0.1, 0.15) is 19.8 Å². The maximum Gasteiger partial charge on any atom is 0.233 e. The molecule has 3 atom stereocenters. The minimum atomic E-state index is -0.264. The predicted octanol–water partition coefficient (Wildman–Crippen LogP) is 0.541. The molecule has 2 aliphatic rings. The third-order valence-corrected chi connectivity index (χ3v) is 3.12. The molecule has 4 heteroatoms. The van der Waals surface area contributed by atoms with Crippen molar-refractivity contribution in [3.05, 3.63) is 0 Å². The standard InChI is InChI=1S/C10H12N2O2/c1-6(4-11)5-12-9(13)7-2-3-8(7)10(12)14/h6-8H,2-3,5H2,1H3. The van der Waals surface area contributed by atoms with Gasteiger partial charge in [0.05, 0.1) is 23.8 Å². The van der Waals surface area contributed by atoms with Gasteiger partial charge >= 0.3 is 0 Å². The number of amides is 2. The molecule has 0 spiro atoms. The fourth-order valence-corrected chi connectivity index (χ4v) is 2.09. The van der Waals surface area contributed by atoms with E-state index in [1.165, 1.54) is 4.90 Å². The quantitative estimate of drug-likeness (QED) is 0.600. The van der Waals surface area contributed by atoms with Crippen molar-refractivity contribution in [2.75, 3.05) is 6.54 Å². The zero-order valence-corrected chi connectivity index (χ0v) is 8.06. The van der Waals surface area contributed by atoms with Gasteiger partial charge in [0, 0.05) is 6.54 Å². The average molecular weight is 192 g/mol. The number of nitrogens with zero attached hydrogens (tertiary/aromatic N) is 2. The first-order valence-electron chi connectivity index (χ1n) is 4.90. The number of fused-ring (bicyclic) bond motifs is 1. The fourth-order valence-electron chi connectivity index (χ4n) is 2.09. The van der Waals surface area contributed by atoms with Crippen molar-refractivity contribution >= 4 is 11.8 Å². The van der Waals surface area contributed by atoms with Crippen LogP contribution in [0.25, 0.3) is 0 Å². The SMILES string of the molecule is CC(C#N)CN1C(=O)C2CCC2C1=O. The Morgan fingerprint density at radius 2 is 1.93 bits per heavy atom. The molecule has 0 aromatic rings. The maximum absolute atomic E-state index is 11.6. The third kappa shape index (κ3) is 1.12. The number of nitriles is 1. The summed E-state index contributed by atoms with van der Waals surface area (Å²) >= 11 is 0. The summed E-state index contributed by atoms with van der Waals surface area (Å²) in [6.07, 6.45) is 1.68. The molecule has 0 N–H and O–H groups in total. The van der Waals surface area contributed by atoms with Crippen LogP contribution in [0.4, 0.5) is 0 Å². The lowest BCUT2D eigenvalue weighted by Crippen LogP contribution is -2.34. The van der Waals surface area contributed by atoms with Crippen LogP contribution in [-0.4, -0.2) is 23.3 Å². The molecule has 0 bridgehead atoms. The molecule has 1 saturated carbocycles. The average Bonchev–Trinajstić information content (AvgIpc) is 2.24. The van der Waals surface area contributed by atoms with E-state index in [0.29, 0.717) is 0 Å². The molecule has 2 amide bonds. The number of likely N-dealkylation sites (tertiary alicyclic amines) is 1. The molecule has 0 radical (unpaired) electrons. The van der Waals surface area contributed by atoms with Crippen molar-refractivity contribution < 1.29 is 9.59 Å². The summed E-state index contributed by atoms with van der Waals surface area (Å²) < 4.78 is 0. The highest BCUT2D eigenvalue weighted by Gasteiger charge is 2.52. The number of carbonyl (C=O) groups is 2. The molecule has 1 heterocycles. The first-order chi connectivity index (χ1) is 6.65. The number of carbonyl (C=O) groups excluding carboxylic acids is 2. The molecule has 0 aromatic carbocycles. The lowest BCUT2D eigenvalue weighted by molar-refractivity contribution is -0.139. The van der Waals surface area contributed by atoms with E-state index < -0.39 is 0 Å². The summed E-state index contributed by atoms with van der Waals surface area (Å²) in [7, 11) is 0. The zero-order chi connectivity index (χ0) is 10.3. The topological polar surface area (TPSA) is 61.2 Å². The Morgan fingerprint density at radius 3 is 2.29 bits per heavy atom. The normalized spacial score (nSPS) is 32.1. The van der Waals surface area contributed by atoms with Crippen molar-refractivity contribution in [3.8, 4) is 6.07 Å². The summed E-state index contributed by atoms with van der Waals surface area (Å²) in [6.45, 7) is 1.99. The Morgan fingerprint density at radius 1 is 1.43 bits per heavy atom. The largest absolute Gasteiger partial charge is 0.281 e. The van der Waals surface area contributed by atoms with Crippen LogP contribution in [0.2, 0.25) is 0 Å². The highest BCUT2D eigenvalue weighted by molar-refractivity contribution is 6.06. The van der Waals surface area contributed by atoms with Crippen LogP contribution in [0.15, 0.2) is 0 Å². The van der Waals surface area contributed by atoms with Gasteiger partial charge in [0.25, 0.3) is 0 Å². The van der Waals surface area contributed by atoms with Gasteiger partial charge in [0.1, 0.15) is 0 Å². The minimum Gasteiger partial charge on any atom is -0.281 e. The van der Waals surface area contributed by atoms with Crippen molar-refractivity contribution in [1.82, 2.24) is 4.90 Å². The van der Waals surface area contributed by atoms with Crippen molar-refractivity contribution in [3.63, 3.8) is 0 Å². The Hall–Kier alpha value is -1.37. The van der Waals surface area contributed by atoms with Gasteiger partial charge in [-0.1, -0.05) is 0 Å². The Labute approximate surface area is 82.5 Å². The summed E-state index contributed by atoms with van der Waals surface area (Å²) in [4.78, 5) is 24.5. The minimum absolute atomic E-state index is 0.0617. The van der Waals surface area contributed by atoms with Gasteiger partial charge in [0.15, 0.2) is 0 Å². The molecule has 74 valence electrons. The number of hydrogen-bond donors (Lipinski definition) is 0. The van der Waals surface area contributed by atoms with E-state index in [1.807, 2.05) is 6.07 Å². The van der Waals surface area contributed by atoms with E-state index in [4.69, 9.17) is 5.26 Å². The monoisotopic (exact) mass is 192 g/mol. The van der Waals surface area contributed by atoms with E-state index in [-0.39, 0.29) is 36.1 Å². The zero-order valence-electron chi connectivity index (χ0n) is 8.06. The van der Waals surface area contributed by atoms with Crippen LogP contribution in [0.3, 0.4) is 0 Å². The predicted molar refractivity (Wildman–Crippen MR) is 47.7 cm³/mol. The van der Waals surface area contributed by atoms with E-state index in [1.54, 1.807) is 6.92 Å². The van der Waals surface area contributed by atoms with Gasteiger partial charge < -0.3 is 0 Å². The number of hydrogen-bond acceptors (Lipinski definition) is 3. The molecule has 0 aromatic heterocycles. The highest BCUT2D eigenvalue weighted by Crippen LogP contribution is 2.42. The Balaban J connectivity index is 2.09. The molecule has 2 rings (SSSR count). The Kier molecular flexibility index (Phi) is 2.03. The second-order valence-electron chi connectivity index (χ2n) is 4.11. The second-order valence-corrected chi connectivity index (χ2v) is 4.11. The first kappa shape index (κ1) is 9.20. The first-order valence-corrected chi connectivity index (χ1v) is 4.90. The van der Waals surface area contributed by atoms with E-state index in [0.717, 1.165) is 12.8 Å². The molecular formula is C10H12N2O2. The highest BCUT2D eigenvalue weighted by atomic mass is 16.2. The van der Waals surface area contributed by atoms with Gasteiger partial charge in [-0.25, -0.2) is 0 Å². The molecular weight excluding hydrogens is 180 g/mol. The molecule has 2 fully saturated rings. The smallest absolute Gasteiger partial charge is 0.233 e. The number of rotatable bonds is 2. The molecule has 3 unspecified atom stereocenters. The van der Waals surface area contributed by atoms with Crippen molar-refractivity contribution in [1.29, 1.82) is 5.26 Å². The van der Waals surface area contributed by atoms with Crippen molar-refractivity contribution in [2.24, 2.45) is 17.8 Å². The van der Waals surface area contributed by atoms with Gasteiger partial charge in [-0.2, -0.15) is 5.26 Å². The second kappa shape index (κ2) is 3.09. The van der Waals surface area contributed by atoms with Crippen LogP contribution in [0, 0.1) is 29.1 Å². The van der Waals surface area contributed by atoms with E-state index >= 15 is 0 Å². The summed E-state index contributed by atoms with van der Waals surface area (Å²) in [6, 6.07) is 2.04. The summed E-state index contributed by atoms with van der Waals surface area (Å²) in [5, 5.41) is 8.62. The molecule has 1 aliphatic heterocycles. The molecule has 4 nitrogen and oxygen atoms in total. The fraction of sp³-hybridized carbons (Fsp3) is 0.700. The van der Waals surface area contributed by atoms with Crippen molar-refractivity contribution in [2.45, 2.75) is 19.8 Å². The molecule has 1 aliphatic carbocycles. The van der Waals surface area contributed by atoms with Crippen LogP contribution in [-0.2, 0) is 9.59 Å². The Bertz CT molecular complexity index is 310. The van der Waals surface area contributed by atoms with Gasteiger partial charge in [0.2, 0.25) is 11.8 Å². The third-order valence-electron chi connectivity index (χ3n) is 3.12. The van der Waals surface area contributed by atoms with Gasteiger partial charge in [-0.3, -0.25) is 14.5 Å². The maximum atomic E-state index is 11.6. The molecule has 1 saturated heterocycles. The van der Waals surface area contributed by atoms with Crippen LogP contribution < -0.4 is 0 Å². The lowest BCUT2D eigenvalue weighted by Gasteiger charge is -2.24. The van der Waals surface area contributed by atoms with Crippen LogP contribution in [0.5, 0.6) is 0 Å². The van der Waals surface area contributed by atoms with Crippen LogP contribution >= 0.6 is 0 Å². The summed E-state index contributed by atoms with van der Waals surface area (Å²) in [5.41, 5.74) is 0.